The minimum absolute atomic E-state index is 0.179. The van der Waals surface area contributed by atoms with Gasteiger partial charge in [-0.25, -0.2) is 4.68 Å². The maximum atomic E-state index is 12.7. The monoisotopic (exact) mass is 505 g/mol. The zero-order chi connectivity index (χ0) is 27.3. The highest BCUT2D eigenvalue weighted by Gasteiger charge is 2.30. The highest BCUT2D eigenvalue weighted by Crippen LogP contribution is 2.30. The van der Waals surface area contributed by atoms with Crippen LogP contribution in [0.4, 0.5) is 18.9 Å². The fraction of sp³-hybridized carbons (Fsp3) is 0.370. The standard InChI is InChI=1S/C22H20F3N3O3.C3H8.C2H6/c1-3-31-18-6-4-5-15(13-18)19-11-12-20(29)28(27-19)14(2)21(30)26-17-9-7-16(8-10-17)22(23,24)25;1-3-2;1-2/h4-14H,3H2,1-2H3,(H,26,30);3H2,1-2H3;1-2H3. The molecule has 0 aliphatic rings. The molecule has 0 saturated heterocycles. The lowest BCUT2D eigenvalue weighted by molar-refractivity contribution is -0.137. The highest BCUT2D eigenvalue weighted by atomic mass is 19.4. The maximum absolute atomic E-state index is 12.7. The van der Waals surface area contributed by atoms with Crippen LogP contribution in [0, 0.1) is 0 Å². The predicted octanol–water partition coefficient (Wildman–Crippen LogP) is 6.97. The number of halogens is 3. The van der Waals surface area contributed by atoms with Gasteiger partial charge in [0.25, 0.3) is 5.56 Å². The van der Waals surface area contributed by atoms with Gasteiger partial charge in [0.15, 0.2) is 0 Å². The number of alkyl halides is 3. The van der Waals surface area contributed by atoms with E-state index in [1.165, 1.54) is 19.4 Å². The number of aromatic nitrogens is 2. The van der Waals surface area contributed by atoms with E-state index in [0.29, 0.717) is 23.6 Å². The van der Waals surface area contributed by atoms with Crippen molar-refractivity contribution < 1.29 is 22.7 Å². The molecule has 1 atom stereocenters. The van der Waals surface area contributed by atoms with Gasteiger partial charge in [-0.1, -0.05) is 46.2 Å². The van der Waals surface area contributed by atoms with Gasteiger partial charge < -0.3 is 10.1 Å². The van der Waals surface area contributed by atoms with Crippen LogP contribution >= 0.6 is 0 Å². The van der Waals surface area contributed by atoms with Gasteiger partial charge >= 0.3 is 6.18 Å². The number of hydrogen-bond acceptors (Lipinski definition) is 4. The summed E-state index contributed by atoms with van der Waals surface area (Å²) in [7, 11) is 0. The number of amides is 1. The van der Waals surface area contributed by atoms with Gasteiger partial charge in [0, 0.05) is 17.3 Å². The zero-order valence-electron chi connectivity index (χ0n) is 21.5. The first-order valence-electron chi connectivity index (χ1n) is 11.9. The second-order valence-corrected chi connectivity index (χ2v) is 7.41. The summed E-state index contributed by atoms with van der Waals surface area (Å²) in [6, 6.07) is 13.1. The fourth-order valence-corrected chi connectivity index (χ4v) is 2.87. The highest BCUT2D eigenvalue weighted by molar-refractivity contribution is 5.93. The van der Waals surface area contributed by atoms with Crippen LogP contribution in [0.1, 0.15) is 59.6 Å². The van der Waals surface area contributed by atoms with Gasteiger partial charge in [0.05, 0.1) is 17.9 Å². The van der Waals surface area contributed by atoms with Crippen LogP contribution in [-0.2, 0) is 11.0 Å². The molecule has 6 nitrogen and oxygen atoms in total. The number of carbonyl (C=O) groups excluding carboxylic acids is 1. The Morgan fingerprint density at radius 1 is 1.03 bits per heavy atom. The van der Waals surface area contributed by atoms with E-state index in [0.717, 1.165) is 28.9 Å². The number of hydrogen-bond donors (Lipinski definition) is 1. The number of ether oxygens (including phenoxy) is 1. The molecule has 1 amide bonds. The van der Waals surface area contributed by atoms with Gasteiger partial charge in [-0.15, -0.1) is 0 Å². The van der Waals surface area contributed by atoms with Crippen molar-refractivity contribution in [3.63, 3.8) is 0 Å². The van der Waals surface area contributed by atoms with Crippen molar-refractivity contribution in [3.8, 4) is 17.0 Å². The van der Waals surface area contributed by atoms with E-state index >= 15 is 0 Å². The summed E-state index contributed by atoms with van der Waals surface area (Å²) in [4.78, 5) is 24.9. The summed E-state index contributed by atoms with van der Waals surface area (Å²) < 4.78 is 44.5. The number of carbonyl (C=O) groups is 1. The summed E-state index contributed by atoms with van der Waals surface area (Å²) in [5, 5.41) is 6.80. The van der Waals surface area contributed by atoms with Crippen LogP contribution in [0.25, 0.3) is 11.3 Å². The molecule has 196 valence electrons. The van der Waals surface area contributed by atoms with Crippen molar-refractivity contribution in [1.29, 1.82) is 0 Å². The van der Waals surface area contributed by atoms with E-state index in [1.54, 1.807) is 30.3 Å². The predicted molar refractivity (Wildman–Crippen MR) is 137 cm³/mol. The molecule has 0 aliphatic carbocycles. The minimum atomic E-state index is -4.47. The topological polar surface area (TPSA) is 73.2 Å². The molecule has 1 unspecified atom stereocenters. The molecular weight excluding hydrogens is 471 g/mol. The van der Waals surface area contributed by atoms with Crippen LogP contribution in [0.2, 0.25) is 0 Å². The first kappa shape index (κ1) is 30.4. The molecule has 9 heteroatoms. The molecule has 0 aliphatic heterocycles. The van der Waals surface area contributed by atoms with Gasteiger partial charge in [-0.2, -0.15) is 18.3 Å². The molecule has 1 N–H and O–H groups in total. The van der Waals surface area contributed by atoms with Crippen LogP contribution in [0.5, 0.6) is 5.75 Å². The van der Waals surface area contributed by atoms with E-state index < -0.39 is 29.2 Å². The smallest absolute Gasteiger partial charge is 0.416 e. The van der Waals surface area contributed by atoms with Crippen molar-refractivity contribution in [2.24, 2.45) is 0 Å². The fourth-order valence-electron chi connectivity index (χ4n) is 2.87. The molecular formula is C27H34F3N3O3. The van der Waals surface area contributed by atoms with Gasteiger partial charge in [0.2, 0.25) is 5.91 Å². The molecule has 0 spiro atoms. The number of nitrogens with zero attached hydrogens (tertiary/aromatic N) is 2. The van der Waals surface area contributed by atoms with Gasteiger partial charge in [0.1, 0.15) is 11.8 Å². The zero-order valence-corrected chi connectivity index (χ0v) is 21.5. The van der Waals surface area contributed by atoms with Crippen molar-refractivity contribution >= 4 is 11.6 Å². The van der Waals surface area contributed by atoms with E-state index in [4.69, 9.17) is 4.74 Å². The van der Waals surface area contributed by atoms with Crippen LogP contribution in [0.3, 0.4) is 0 Å². The first-order valence-corrected chi connectivity index (χ1v) is 11.9. The third kappa shape index (κ3) is 8.87. The molecule has 0 bridgehead atoms. The Bertz CT molecular complexity index is 1140. The summed E-state index contributed by atoms with van der Waals surface area (Å²) in [5.41, 5.74) is 0.0436. The van der Waals surface area contributed by atoms with E-state index in [1.807, 2.05) is 20.8 Å². The molecule has 1 aromatic heterocycles. The summed E-state index contributed by atoms with van der Waals surface area (Å²) in [6.45, 7) is 12.1. The van der Waals surface area contributed by atoms with E-state index in [-0.39, 0.29) is 5.69 Å². The van der Waals surface area contributed by atoms with Crippen molar-refractivity contribution in [2.75, 3.05) is 11.9 Å². The number of nitrogens with one attached hydrogen (secondary N) is 1. The molecule has 3 rings (SSSR count). The first-order chi connectivity index (χ1) is 17.1. The Labute approximate surface area is 210 Å². The van der Waals surface area contributed by atoms with Crippen LogP contribution in [0.15, 0.2) is 65.5 Å². The number of anilines is 1. The van der Waals surface area contributed by atoms with Crippen LogP contribution < -0.4 is 15.6 Å². The molecule has 0 fully saturated rings. The average Bonchev–Trinajstić information content (AvgIpc) is 2.86. The maximum Gasteiger partial charge on any atom is 0.416 e. The molecule has 3 aromatic rings. The molecule has 1 heterocycles. The second-order valence-electron chi connectivity index (χ2n) is 7.41. The lowest BCUT2D eigenvalue weighted by atomic mass is 10.1. The lowest BCUT2D eigenvalue weighted by Crippen LogP contribution is -2.33. The van der Waals surface area contributed by atoms with Gasteiger partial charge in [-0.3, -0.25) is 9.59 Å². The van der Waals surface area contributed by atoms with Gasteiger partial charge in [-0.05, 0) is 56.3 Å². The Hall–Kier alpha value is -3.62. The van der Waals surface area contributed by atoms with E-state index in [2.05, 4.69) is 24.3 Å². The Kier molecular flexibility index (Phi) is 12.4. The summed E-state index contributed by atoms with van der Waals surface area (Å²) in [6.07, 6.45) is -3.22. The van der Waals surface area contributed by atoms with Crippen molar-refractivity contribution in [3.05, 3.63) is 76.6 Å². The normalized spacial score (nSPS) is 11.2. The summed E-state index contributed by atoms with van der Waals surface area (Å²) in [5.74, 6) is 0.0576. The Morgan fingerprint density at radius 3 is 2.19 bits per heavy atom. The molecule has 36 heavy (non-hydrogen) atoms. The average molecular weight is 506 g/mol. The van der Waals surface area contributed by atoms with Crippen molar-refractivity contribution in [2.45, 2.75) is 60.2 Å². The quantitative estimate of drug-likeness (QED) is 0.393. The number of benzene rings is 2. The Balaban J connectivity index is 0.00000120. The molecule has 0 radical (unpaired) electrons. The van der Waals surface area contributed by atoms with Crippen LogP contribution in [-0.4, -0.2) is 22.3 Å². The molecule has 2 aromatic carbocycles. The SMILES string of the molecule is CC.CCC.CCOc1cccc(-c2ccc(=O)n(C(C)C(=O)Nc3ccc(C(F)(F)F)cc3)n2)c1. The Morgan fingerprint density at radius 2 is 1.64 bits per heavy atom. The minimum Gasteiger partial charge on any atom is -0.494 e. The third-order valence-corrected chi connectivity index (χ3v) is 4.49. The summed E-state index contributed by atoms with van der Waals surface area (Å²) >= 11 is 0. The lowest BCUT2D eigenvalue weighted by Gasteiger charge is -2.15. The largest absolute Gasteiger partial charge is 0.494 e. The number of rotatable bonds is 6. The van der Waals surface area contributed by atoms with Crippen molar-refractivity contribution in [1.82, 2.24) is 9.78 Å². The third-order valence-electron chi connectivity index (χ3n) is 4.49. The van der Waals surface area contributed by atoms with E-state index in [9.17, 15) is 22.8 Å². The molecule has 0 saturated carbocycles. The second kappa shape index (κ2) is 14.7.